The zero-order chi connectivity index (χ0) is 9.56. The van der Waals surface area contributed by atoms with E-state index < -0.39 is 0 Å². The fraction of sp³-hybridized carbons (Fsp3) is 0.333. The molecular weight excluding hydrogens is 294 g/mol. The molecule has 0 bridgehead atoms. The molecule has 2 nitrogen and oxygen atoms in total. The minimum Gasteiger partial charge on any atom is -0.412 e. The van der Waals surface area contributed by atoms with Gasteiger partial charge < -0.3 is 60.3 Å². The van der Waals surface area contributed by atoms with Crippen molar-refractivity contribution in [3.63, 3.8) is 0 Å². The third-order valence-corrected chi connectivity index (χ3v) is 1.58. The molecule has 7 heteroatoms. The van der Waals surface area contributed by atoms with Gasteiger partial charge in [0.15, 0.2) is 0 Å². The van der Waals surface area contributed by atoms with Gasteiger partial charge in [-0.2, -0.15) is 0 Å². The monoisotopic (exact) mass is 300 g/mol. The van der Waals surface area contributed by atoms with E-state index in [0.29, 0.717) is 15.2 Å². The Morgan fingerprint density at radius 3 is 2.23 bits per heavy atom. The van der Waals surface area contributed by atoms with Crippen LogP contribution in [0.25, 0.3) is 0 Å². The van der Waals surface area contributed by atoms with E-state index in [9.17, 15) is 0 Å². The van der Waals surface area contributed by atoms with Gasteiger partial charge in [-0.15, -0.1) is 6.58 Å². The van der Waals surface area contributed by atoms with Crippen molar-refractivity contribution in [2.75, 3.05) is 6.54 Å². The topological polar surface area (TPSA) is 24.1 Å². The van der Waals surface area contributed by atoms with E-state index in [4.69, 9.17) is 0 Å². The van der Waals surface area contributed by atoms with Crippen LogP contribution in [0, 0.1) is 0 Å². The van der Waals surface area contributed by atoms with E-state index in [2.05, 4.69) is 66.9 Å². The number of nitrogens with one attached hydrogen (secondary N) is 2. The molecule has 0 saturated heterocycles. The Bertz CT molecular complexity index is 197. The van der Waals surface area contributed by atoms with Crippen LogP contribution in [0.1, 0.15) is 0 Å². The van der Waals surface area contributed by atoms with Gasteiger partial charge >= 0.3 is 19.5 Å². The van der Waals surface area contributed by atoms with Crippen molar-refractivity contribution < 1.29 is 19.5 Å². The second-order valence-corrected chi connectivity index (χ2v) is 4.09. The van der Waals surface area contributed by atoms with Gasteiger partial charge in [0.05, 0.1) is 6.04 Å². The molecule has 68 valence electrons. The molecule has 0 rings (SSSR count). The number of thiocarbonyl (C=S) groups is 2. The van der Waals surface area contributed by atoms with Crippen molar-refractivity contribution in [1.82, 2.24) is 10.6 Å². The van der Waals surface area contributed by atoms with Gasteiger partial charge in [0.25, 0.3) is 0 Å². The molecule has 1 unspecified atom stereocenters. The summed E-state index contributed by atoms with van der Waals surface area (Å²) in [6, 6.07) is -0.0177. The SMILES string of the molecule is C=CC(CNC(=S)[S-])NC(=S)[S-].[Zn+2]. The van der Waals surface area contributed by atoms with Gasteiger partial charge in [0, 0.05) is 6.54 Å². The van der Waals surface area contributed by atoms with Gasteiger partial charge in [-0.3, -0.25) is 0 Å². The van der Waals surface area contributed by atoms with Crippen LogP contribution >= 0.6 is 24.4 Å². The smallest absolute Gasteiger partial charge is 0.412 e. The Morgan fingerprint density at radius 2 is 1.92 bits per heavy atom. The molecule has 0 amide bonds. The molecule has 13 heavy (non-hydrogen) atoms. The Balaban J connectivity index is 0. The zero-order valence-corrected chi connectivity index (χ0v) is 13.1. The van der Waals surface area contributed by atoms with Crippen molar-refractivity contribution >= 4 is 58.3 Å². The zero-order valence-electron chi connectivity index (χ0n) is 6.91. The molecule has 0 saturated carbocycles. The first-order chi connectivity index (χ1) is 5.56. The normalized spacial score (nSPS) is 10.5. The molecule has 1 atom stereocenters. The summed E-state index contributed by atoms with van der Waals surface area (Å²) >= 11 is 18.7. The Kier molecular flexibility index (Phi) is 11.3. The molecule has 0 spiro atoms. The molecule has 0 radical (unpaired) electrons. The Hall–Kier alpha value is 0.583. The molecule has 0 aliphatic rings. The summed E-state index contributed by atoms with van der Waals surface area (Å²) in [5.41, 5.74) is 0. The summed E-state index contributed by atoms with van der Waals surface area (Å²) in [5.74, 6) is 0. The number of rotatable bonds is 4. The summed E-state index contributed by atoms with van der Waals surface area (Å²) in [6.45, 7) is 4.16. The van der Waals surface area contributed by atoms with Crippen LogP contribution in [-0.4, -0.2) is 21.2 Å². The summed E-state index contributed by atoms with van der Waals surface area (Å²) in [5, 5.41) is 5.65. The summed E-state index contributed by atoms with van der Waals surface area (Å²) in [6.07, 6.45) is 1.69. The predicted octanol–water partition coefficient (Wildman–Crippen LogP) is 0.381. The van der Waals surface area contributed by atoms with Crippen LogP contribution in [0.2, 0.25) is 0 Å². The number of hydrogen-bond donors (Lipinski definition) is 2. The molecule has 0 aromatic carbocycles. The van der Waals surface area contributed by atoms with Crippen molar-refractivity contribution in [3.8, 4) is 0 Å². The quantitative estimate of drug-likeness (QED) is 0.337. The van der Waals surface area contributed by atoms with Gasteiger partial charge in [0.1, 0.15) is 0 Å². The van der Waals surface area contributed by atoms with E-state index in [1.807, 2.05) is 0 Å². The molecule has 0 aliphatic carbocycles. The average molecular weight is 302 g/mol. The standard InChI is InChI=1S/C6H10N2S4.Zn/c1-2-4(8-6(11)12)3-7-5(9)10;/h2,4H,1,3H2,(H2,7,9,10)(H2,8,11,12);/q;+2/p-2. The average Bonchev–Trinajstić information content (AvgIpc) is 1.97. The predicted molar refractivity (Wildman–Crippen MR) is 65.0 cm³/mol. The maximum atomic E-state index is 4.69. The first-order valence-electron chi connectivity index (χ1n) is 3.11. The molecule has 0 aromatic heterocycles. The maximum Gasteiger partial charge on any atom is 2.00 e. The first-order valence-corrected chi connectivity index (χ1v) is 4.74. The largest absolute Gasteiger partial charge is 2.00 e. The Labute approximate surface area is 113 Å². The van der Waals surface area contributed by atoms with Crippen LogP contribution in [0.3, 0.4) is 0 Å². The van der Waals surface area contributed by atoms with E-state index in [1.54, 1.807) is 6.08 Å². The van der Waals surface area contributed by atoms with Gasteiger partial charge in [0.2, 0.25) is 0 Å². The maximum absolute atomic E-state index is 4.69. The Morgan fingerprint density at radius 1 is 1.38 bits per heavy atom. The number of hydrogen-bond acceptors (Lipinski definition) is 4. The first kappa shape index (κ1) is 16.0. The second-order valence-electron chi connectivity index (χ2n) is 1.94. The molecule has 0 heterocycles. The molecule has 0 fully saturated rings. The third-order valence-electron chi connectivity index (χ3n) is 1.05. The van der Waals surface area contributed by atoms with Gasteiger partial charge in [-0.05, 0) is 0 Å². The van der Waals surface area contributed by atoms with Gasteiger partial charge in [-0.1, -0.05) is 14.7 Å². The van der Waals surface area contributed by atoms with Crippen LogP contribution < -0.4 is 10.6 Å². The second kappa shape index (κ2) is 9.15. The van der Waals surface area contributed by atoms with E-state index in [1.165, 1.54) is 0 Å². The van der Waals surface area contributed by atoms with Crippen LogP contribution in [0.15, 0.2) is 12.7 Å². The molecule has 0 aromatic rings. The fourth-order valence-corrected chi connectivity index (χ4v) is 1.01. The van der Waals surface area contributed by atoms with Crippen molar-refractivity contribution in [1.29, 1.82) is 0 Å². The molecular formula is C6H8N2S4Zn. The minimum absolute atomic E-state index is 0. The summed E-state index contributed by atoms with van der Waals surface area (Å²) < 4.78 is 0.649. The van der Waals surface area contributed by atoms with Gasteiger partial charge in [-0.25, -0.2) is 0 Å². The molecule has 0 aliphatic heterocycles. The van der Waals surface area contributed by atoms with Crippen molar-refractivity contribution in [2.45, 2.75) is 6.04 Å². The van der Waals surface area contributed by atoms with Crippen molar-refractivity contribution in [3.05, 3.63) is 12.7 Å². The minimum atomic E-state index is -0.0177. The third kappa shape index (κ3) is 10.5. The fourth-order valence-electron chi connectivity index (χ4n) is 0.538. The summed E-state index contributed by atoms with van der Waals surface area (Å²) in [7, 11) is 0. The molecule has 2 N–H and O–H groups in total. The van der Waals surface area contributed by atoms with E-state index in [0.717, 1.165) is 0 Å². The van der Waals surface area contributed by atoms with Crippen LogP contribution in [0.4, 0.5) is 0 Å². The van der Waals surface area contributed by atoms with Crippen molar-refractivity contribution in [2.24, 2.45) is 0 Å². The summed E-state index contributed by atoms with van der Waals surface area (Å²) in [4.78, 5) is 0. The van der Waals surface area contributed by atoms with E-state index >= 15 is 0 Å². The van der Waals surface area contributed by atoms with E-state index in [-0.39, 0.29) is 25.5 Å². The van der Waals surface area contributed by atoms with Crippen LogP contribution in [0.5, 0.6) is 0 Å². The van der Waals surface area contributed by atoms with Crippen LogP contribution in [-0.2, 0) is 44.7 Å².